The lowest BCUT2D eigenvalue weighted by Gasteiger charge is -1.99. The molecule has 0 bridgehead atoms. The standard InChI is InChI=1S/C12H7BrOS/c13-11-6-15-12-5-8-3-9(14)2-1-7(8)4-10(11)12/h1-6,14H. The van der Waals surface area contributed by atoms with Crippen LogP contribution in [0.3, 0.4) is 0 Å². The van der Waals surface area contributed by atoms with Crippen LogP contribution >= 0.6 is 27.3 Å². The zero-order valence-corrected chi connectivity index (χ0v) is 10.1. The Bertz CT molecular complexity index is 657. The Morgan fingerprint density at radius 2 is 1.93 bits per heavy atom. The first-order chi connectivity index (χ1) is 7.24. The first kappa shape index (κ1) is 9.19. The smallest absolute Gasteiger partial charge is 0.116 e. The summed E-state index contributed by atoms with van der Waals surface area (Å²) >= 11 is 5.23. The minimum atomic E-state index is 0.317. The van der Waals surface area contributed by atoms with E-state index in [1.165, 1.54) is 10.1 Å². The van der Waals surface area contributed by atoms with E-state index in [4.69, 9.17) is 0 Å². The topological polar surface area (TPSA) is 20.2 Å². The van der Waals surface area contributed by atoms with E-state index < -0.39 is 0 Å². The van der Waals surface area contributed by atoms with Gasteiger partial charge in [0, 0.05) is 19.9 Å². The van der Waals surface area contributed by atoms with Crippen LogP contribution in [0.1, 0.15) is 0 Å². The highest BCUT2D eigenvalue weighted by Crippen LogP contribution is 2.34. The number of aromatic hydroxyl groups is 1. The molecule has 0 aliphatic rings. The summed E-state index contributed by atoms with van der Waals surface area (Å²) in [4.78, 5) is 0. The Balaban J connectivity index is 2.49. The van der Waals surface area contributed by atoms with Crippen LogP contribution in [0.15, 0.2) is 40.2 Å². The Kier molecular flexibility index (Phi) is 1.97. The van der Waals surface area contributed by atoms with Gasteiger partial charge >= 0.3 is 0 Å². The number of rotatable bonds is 0. The maximum absolute atomic E-state index is 9.40. The number of hydrogen-bond acceptors (Lipinski definition) is 2. The van der Waals surface area contributed by atoms with E-state index in [0.29, 0.717) is 5.75 Å². The van der Waals surface area contributed by atoms with Crippen molar-refractivity contribution in [3.05, 3.63) is 40.2 Å². The Morgan fingerprint density at radius 3 is 2.80 bits per heavy atom. The lowest BCUT2D eigenvalue weighted by molar-refractivity contribution is 0.476. The maximum atomic E-state index is 9.40. The SMILES string of the molecule is Oc1ccc2cc3c(Br)csc3cc2c1. The number of fused-ring (bicyclic) bond motifs is 2. The zero-order chi connectivity index (χ0) is 10.4. The van der Waals surface area contributed by atoms with E-state index in [0.717, 1.165) is 15.2 Å². The zero-order valence-electron chi connectivity index (χ0n) is 7.70. The molecule has 2 aromatic carbocycles. The van der Waals surface area contributed by atoms with Crippen molar-refractivity contribution < 1.29 is 5.11 Å². The third-order valence-corrected chi connectivity index (χ3v) is 4.37. The summed E-state index contributed by atoms with van der Waals surface area (Å²) in [5.41, 5.74) is 0. The molecule has 0 radical (unpaired) electrons. The number of halogens is 1. The number of thiophene rings is 1. The molecule has 1 N–H and O–H groups in total. The van der Waals surface area contributed by atoms with Crippen LogP contribution in [0.4, 0.5) is 0 Å². The molecule has 15 heavy (non-hydrogen) atoms. The minimum absolute atomic E-state index is 0.317. The van der Waals surface area contributed by atoms with Gasteiger partial charge in [0.1, 0.15) is 5.75 Å². The fourth-order valence-corrected chi connectivity index (χ4v) is 3.31. The molecule has 0 amide bonds. The van der Waals surface area contributed by atoms with E-state index in [9.17, 15) is 5.11 Å². The quantitative estimate of drug-likeness (QED) is 0.641. The maximum Gasteiger partial charge on any atom is 0.116 e. The molecular formula is C12H7BrOS. The van der Waals surface area contributed by atoms with E-state index >= 15 is 0 Å². The van der Waals surface area contributed by atoms with Crippen molar-refractivity contribution in [1.29, 1.82) is 0 Å². The first-order valence-corrected chi connectivity index (χ1v) is 6.21. The van der Waals surface area contributed by atoms with Crippen LogP contribution in [0.2, 0.25) is 0 Å². The first-order valence-electron chi connectivity index (χ1n) is 4.53. The van der Waals surface area contributed by atoms with E-state index in [1.54, 1.807) is 23.5 Å². The fraction of sp³-hybridized carbons (Fsp3) is 0. The van der Waals surface area contributed by atoms with Gasteiger partial charge in [0.25, 0.3) is 0 Å². The monoisotopic (exact) mass is 278 g/mol. The van der Waals surface area contributed by atoms with Gasteiger partial charge in [0.2, 0.25) is 0 Å². The van der Waals surface area contributed by atoms with Crippen LogP contribution in [-0.2, 0) is 0 Å². The van der Waals surface area contributed by atoms with E-state index in [2.05, 4.69) is 33.4 Å². The lowest BCUT2D eigenvalue weighted by Crippen LogP contribution is -1.72. The Labute approximate surface area is 99.1 Å². The number of phenols is 1. The highest BCUT2D eigenvalue weighted by molar-refractivity contribution is 9.10. The molecule has 3 rings (SSSR count). The molecule has 3 heteroatoms. The minimum Gasteiger partial charge on any atom is -0.508 e. The van der Waals surface area contributed by atoms with Gasteiger partial charge in [-0.05, 0) is 51.0 Å². The van der Waals surface area contributed by atoms with Crippen LogP contribution < -0.4 is 0 Å². The normalized spacial score (nSPS) is 11.3. The van der Waals surface area contributed by atoms with Gasteiger partial charge in [-0.1, -0.05) is 6.07 Å². The second kappa shape index (κ2) is 3.22. The summed E-state index contributed by atoms with van der Waals surface area (Å²) in [6, 6.07) is 9.70. The van der Waals surface area contributed by atoms with E-state index in [-0.39, 0.29) is 0 Å². The summed E-state index contributed by atoms with van der Waals surface area (Å²) in [7, 11) is 0. The fourth-order valence-electron chi connectivity index (χ4n) is 1.73. The third kappa shape index (κ3) is 1.43. The number of phenolic OH excluding ortho intramolecular Hbond substituents is 1. The van der Waals surface area contributed by atoms with Crippen molar-refractivity contribution in [3.8, 4) is 5.75 Å². The van der Waals surface area contributed by atoms with Crippen LogP contribution in [-0.4, -0.2) is 5.11 Å². The largest absolute Gasteiger partial charge is 0.508 e. The van der Waals surface area contributed by atoms with Gasteiger partial charge < -0.3 is 5.11 Å². The molecular weight excluding hydrogens is 272 g/mol. The average molecular weight is 279 g/mol. The van der Waals surface area contributed by atoms with E-state index in [1.807, 2.05) is 6.07 Å². The summed E-state index contributed by atoms with van der Waals surface area (Å²) in [6.07, 6.45) is 0. The van der Waals surface area contributed by atoms with Gasteiger partial charge in [-0.2, -0.15) is 0 Å². The van der Waals surface area contributed by atoms with Gasteiger partial charge in [-0.3, -0.25) is 0 Å². The molecule has 1 nitrogen and oxygen atoms in total. The van der Waals surface area contributed by atoms with Crippen LogP contribution in [0, 0.1) is 0 Å². The third-order valence-electron chi connectivity index (χ3n) is 2.47. The number of benzene rings is 2. The second-order valence-electron chi connectivity index (χ2n) is 3.46. The molecule has 1 heterocycles. The average Bonchev–Trinajstić information content (AvgIpc) is 2.57. The molecule has 0 aliphatic carbocycles. The molecule has 0 atom stereocenters. The predicted octanol–water partition coefficient (Wildman–Crippen LogP) is 4.52. The van der Waals surface area contributed by atoms with Crippen molar-refractivity contribution in [2.75, 3.05) is 0 Å². The van der Waals surface area contributed by atoms with Gasteiger partial charge in [0.15, 0.2) is 0 Å². The molecule has 1 aromatic heterocycles. The second-order valence-corrected chi connectivity index (χ2v) is 5.23. The van der Waals surface area contributed by atoms with Crippen molar-refractivity contribution >= 4 is 48.1 Å². The van der Waals surface area contributed by atoms with Crippen LogP contribution in [0.5, 0.6) is 5.75 Å². The molecule has 0 unspecified atom stereocenters. The van der Waals surface area contributed by atoms with Gasteiger partial charge in [-0.15, -0.1) is 11.3 Å². The lowest BCUT2D eigenvalue weighted by atomic mass is 10.1. The predicted molar refractivity (Wildman–Crippen MR) is 68.7 cm³/mol. The molecule has 0 aliphatic heterocycles. The molecule has 0 fully saturated rings. The summed E-state index contributed by atoms with van der Waals surface area (Å²) < 4.78 is 2.37. The molecule has 0 saturated carbocycles. The number of hydrogen-bond donors (Lipinski definition) is 1. The van der Waals surface area contributed by atoms with Crippen molar-refractivity contribution in [1.82, 2.24) is 0 Å². The Hall–Kier alpha value is -1.06. The van der Waals surface area contributed by atoms with Crippen molar-refractivity contribution in [2.24, 2.45) is 0 Å². The van der Waals surface area contributed by atoms with Gasteiger partial charge in [-0.25, -0.2) is 0 Å². The van der Waals surface area contributed by atoms with Gasteiger partial charge in [0.05, 0.1) is 0 Å². The highest BCUT2D eigenvalue weighted by Gasteiger charge is 2.03. The molecule has 0 spiro atoms. The summed E-state index contributed by atoms with van der Waals surface area (Å²) in [6.45, 7) is 0. The highest BCUT2D eigenvalue weighted by atomic mass is 79.9. The Morgan fingerprint density at radius 1 is 1.07 bits per heavy atom. The summed E-state index contributed by atoms with van der Waals surface area (Å²) in [5.74, 6) is 0.317. The van der Waals surface area contributed by atoms with Crippen molar-refractivity contribution in [3.63, 3.8) is 0 Å². The molecule has 3 aromatic rings. The molecule has 74 valence electrons. The summed E-state index contributed by atoms with van der Waals surface area (Å²) in [5, 5.41) is 15.0. The molecule has 0 saturated heterocycles. The van der Waals surface area contributed by atoms with Crippen LogP contribution in [0.25, 0.3) is 20.9 Å². The van der Waals surface area contributed by atoms with Crippen molar-refractivity contribution in [2.45, 2.75) is 0 Å².